The summed E-state index contributed by atoms with van der Waals surface area (Å²) in [6.45, 7) is 7.09. The first-order chi connectivity index (χ1) is 10.2. The number of hydrogen-bond acceptors (Lipinski definition) is 3. The Balaban J connectivity index is 3.31. The molecule has 1 aromatic rings. The number of aliphatic hydroxyl groups is 1. The molecule has 0 saturated carbocycles. The van der Waals surface area contributed by atoms with E-state index >= 15 is 0 Å². The Morgan fingerprint density at radius 3 is 2.09 bits per heavy atom. The van der Waals surface area contributed by atoms with Crippen molar-refractivity contribution in [1.29, 1.82) is 0 Å². The Morgan fingerprint density at radius 2 is 1.68 bits per heavy atom. The van der Waals surface area contributed by atoms with Crippen LogP contribution >= 0.6 is 0 Å². The van der Waals surface area contributed by atoms with Gasteiger partial charge in [-0.2, -0.15) is 0 Å². The molecule has 1 N–H and O–H groups in total. The van der Waals surface area contributed by atoms with Gasteiger partial charge in [0, 0.05) is 0 Å². The molecule has 0 saturated heterocycles. The maximum absolute atomic E-state index is 14.9. The summed E-state index contributed by atoms with van der Waals surface area (Å²) in [6.07, 6.45) is 1.13. The van der Waals surface area contributed by atoms with E-state index in [1.807, 2.05) is 6.92 Å². The zero-order chi connectivity index (χ0) is 17.0. The molecular weight excluding hydrogens is 305 g/mol. The highest BCUT2D eigenvalue weighted by Gasteiger charge is 2.46. The minimum Gasteiger partial charge on any atom is -0.388 e. The first kappa shape index (κ1) is 19.1. The summed E-state index contributed by atoms with van der Waals surface area (Å²) in [6, 6.07) is 6.36. The highest BCUT2D eigenvalue weighted by Crippen LogP contribution is 2.34. The van der Waals surface area contributed by atoms with Gasteiger partial charge in [-0.05, 0) is 35.4 Å². The molecule has 0 aliphatic heterocycles. The lowest BCUT2D eigenvalue weighted by Crippen LogP contribution is -2.54. The molecule has 0 heterocycles. The third-order valence-corrected chi connectivity index (χ3v) is 6.00. The summed E-state index contributed by atoms with van der Waals surface area (Å²) >= 11 is 0. The van der Waals surface area contributed by atoms with Gasteiger partial charge in [-0.3, -0.25) is 0 Å². The SMILES string of the molecule is CC[C@H](C)[C@H](N(F)S(=O)(=O)c1ccccc1)C(O)(CC)CC. The topological polar surface area (TPSA) is 57.6 Å². The molecular formula is C16H26FNO3S. The van der Waals surface area contributed by atoms with E-state index in [0.29, 0.717) is 6.42 Å². The Kier molecular flexibility index (Phi) is 6.52. The van der Waals surface area contributed by atoms with Crippen LogP contribution < -0.4 is 0 Å². The summed E-state index contributed by atoms with van der Waals surface area (Å²) in [7, 11) is -4.29. The fourth-order valence-electron chi connectivity index (χ4n) is 2.65. The van der Waals surface area contributed by atoms with Gasteiger partial charge in [0.2, 0.25) is 0 Å². The smallest absolute Gasteiger partial charge is 0.269 e. The van der Waals surface area contributed by atoms with Crippen LogP contribution in [0.2, 0.25) is 0 Å². The molecule has 0 aromatic heterocycles. The maximum Gasteiger partial charge on any atom is 0.269 e. The second kappa shape index (κ2) is 7.53. The van der Waals surface area contributed by atoms with Crippen molar-refractivity contribution in [1.82, 2.24) is 4.53 Å². The Hall–Kier alpha value is -0.980. The van der Waals surface area contributed by atoms with Gasteiger partial charge in [-0.25, -0.2) is 8.42 Å². The molecule has 0 fully saturated rings. The quantitative estimate of drug-likeness (QED) is 0.741. The molecule has 0 aliphatic carbocycles. The van der Waals surface area contributed by atoms with Crippen LogP contribution in [0.25, 0.3) is 0 Å². The van der Waals surface area contributed by atoms with Crippen LogP contribution in [0.1, 0.15) is 47.0 Å². The van der Waals surface area contributed by atoms with E-state index in [-0.39, 0.29) is 28.2 Å². The molecule has 6 heteroatoms. The molecule has 0 bridgehead atoms. The molecule has 0 radical (unpaired) electrons. The van der Waals surface area contributed by atoms with Crippen molar-refractivity contribution < 1.29 is 18.0 Å². The lowest BCUT2D eigenvalue weighted by molar-refractivity contribution is -0.0988. The number of nitrogens with zero attached hydrogens (tertiary/aromatic N) is 1. The molecule has 0 unspecified atom stereocenters. The average Bonchev–Trinajstić information content (AvgIpc) is 2.55. The first-order valence-electron chi connectivity index (χ1n) is 7.72. The first-order valence-corrected chi connectivity index (χ1v) is 9.16. The van der Waals surface area contributed by atoms with E-state index in [9.17, 15) is 18.0 Å². The predicted molar refractivity (Wildman–Crippen MR) is 85.3 cm³/mol. The number of sulfonamides is 1. The third-order valence-electron chi connectivity index (χ3n) is 4.45. The zero-order valence-electron chi connectivity index (χ0n) is 13.7. The minimum atomic E-state index is -4.29. The molecule has 126 valence electrons. The number of benzene rings is 1. The highest BCUT2D eigenvalue weighted by atomic mass is 32.2. The predicted octanol–water partition coefficient (Wildman–Crippen LogP) is 3.53. The number of halogens is 1. The van der Waals surface area contributed by atoms with Crippen LogP contribution in [0.15, 0.2) is 35.2 Å². The van der Waals surface area contributed by atoms with Crippen molar-refractivity contribution in [2.45, 2.75) is 63.5 Å². The third kappa shape index (κ3) is 3.67. The summed E-state index contributed by atoms with van der Waals surface area (Å²) in [5.74, 6) is -0.312. The molecule has 2 atom stereocenters. The monoisotopic (exact) mass is 331 g/mol. The summed E-state index contributed by atoms with van der Waals surface area (Å²) in [5.41, 5.74) is -1.40. The lowest BCUT2D eigenvalue weighted by atomic mass is 9.81. The van der Waals surface area contributed by atoms with E-state index in [2.05, 4.69) is 0 Å². The van der Waals surface area contributed by atoms with E-state index in [1.165, 1.54) is 12.1 Å². The van der Waals surface area contributed by atoms with Gasteiger partial charge in [0.1, 0.15) is 0 Å². The van der Waals surface area contributed by atoms with Gasteiger partial charge in [-0.15, -0.1) is 4.48 Å². The highest BCUT2D eigenvalue weighted by molar-refractivity contribution is 7.89. The second-order valence-corrected chi connectivity index (χ2v) is 7.47. The van der Waals surface area contributed by atoms with Gasteiger partial charge >= 0.3 is 0 Å². The standard InChI is InChI=1S/C16H26FNO3S/c1-5-13(4)15(16(19,6-2)7-3)18(17)22(20,21)14-11-9-8-10-12-14/h8-13,15,19H,5-7H2,1-4H3/t13-,15-/m0/s1. The minimum absolute atomic E-state index is 0.111. The van der Waals surface area contributed by atoms with Gasteiger partial charge in [-0.1, -0.05) is 52.3 Å². The van der Waals surface area contributed by atoms with Crippen LogP contribution in [0, 0.1) is 5.92 Å². The van der Waals surface area contributed by atoms with Crippen LogP contribution in [0.3, 0.4) is 0 Å². The van der Waals surface area contributed by atoms with Crippen molar-refractivity contribution in [3.63, 3.8) is 0 Å². The van der Waals surface area contributed by atoms with Crippen molar-refractivity contribution in [3.8, 4) is 0 Å². The van der Waals surface area contributed by atoms with Crippen molar-refractivity contribution >= 4 is 10.0 Å². The fourth-order valence-corrected chi connectivity index (χ4v) is 4.06. The summed E-state index contributed by atoms with van der Waals surface area (Å²) in [4.78, 5) is -0.111. The molecule has 0 spiro atoms. The number of rotatable bonds is 8. The Bertz CT molecular complexity index is 558. The summed E-state index contributed by atoms with van der Waals surface area (Å²) < 4.78 is 39.8. The van der Waals surface area contributed by atoms with Gasteiger partial charge < -0.3 is 5.11 Å². The van der Waals surface area contributed by atoms with Crippen LogP contribution in [0.4, 0.5) is 4.48 Å². The van der Waals surface area contributed by atoms with Crippen LogP contribution in [0.5, 0.6) is 0 Å². The van der Waals surface area contributed by atoms with Gasteiger partial charge in [0.05, 0.1) is 16.5 Å². The van der Waals surface area contributed by atoms with E-state index in [4.69, 9.17) is 0 Å². The molecule has 22 heavy (non-hydrogen) atoms. The Labute approximate surface area is 132 Å². The van der Waals surface area contributed by atoms with Crippen LogP contribution in [-0.2, 0) is 10.0 Å². The van der Waals surface area contributed by atoms with E-state index in [1.54, 1.807) is 39.0 Å². The molecule has 0 aliphatic rings. The largest absolute Gasteiger partial charge is 0.388 e. The van der Waals surface area contributed by atoms with Crippen molar-refractivity contribution in [2.24, 2.45) is 5.92 Å². The number of hydrogen-bond donors (Lipinski definition) is 1. The normalized spacial score (nSPS) is 15.8. The fraction of sp³-hybridized carbons (Fsp3) is 0.625. The van der Waals surface area contributed by atoms with E-state index in [0.717, 1.165) is 0 Å². The molecule has 1 aromatic carbocycles. The Morgan fingerprint density at radius 1 is 1.18 bits per heavy atom. The molecule has 0 amide bonds. The molecule has 1 rings (SSSR count). The summed E-state index contributed by atoms with van der Waals surface area (Å²) in [5, 5.41) is 10.7. The average molecular weight is 331 g/mol. The lowest BCUT2D eigenvalue weighted by Gasteiger charge is -2.40. The second-order valence-electron chi connectivity index (χ2n) is 5.70. The van der Waals surface area contributed by atoms with E-state index < -0.39 is 21.7 Å². The van der Waals surface area contributed by atoms with Gasteiger partial charge in [0.15, 0.2) is 0 Å². The maximum atomic E-state index is 14.9. The van der Waals surface area contributed by atoms with Crippen molar-refractivity contribution in [2.75, 3.05) is 0 Å². The van der Waals surface area contributed by atoms with Crippen molar-refractivity contribution in [3.05, 3.63) is 30.3 Å². The zero-order valence-corrected chi connectivity index (χ0v) is 14.5. The van der Waals surface area contributed by atoms with Crippen LogP contribution in [-0.4, -0.2) is 29.7 Å². The van der Waals surface area contributed by atoms with Gasteiger partial charge in [0.25, 0.3) is 10.0 Å². The molecule has 4 nitrogen and oxygen atoms in total.